The molecule has 1 atom stereocenters. The molecule has 0 aliphatic heterocycles. The molecule has 0 saturated carbocycles. The van der Waals surface area contributed by atoms with Crippen LogP contribution in [-0.2, 0) is 27.4 Å². The molecule has 1 aromatic heterocycles. The lowest BCUT2D eigenvalue weighted by molar-refractivity contribution is 0.0260. The van der Waals surface area contributed by atoms with Crippen molar-refractivity contribution < 1.29 is 22.7 Å². The average molecular weight is 433 g/mol. The summed E-state index contributed by atoms with van der Waals surface area (Å²) in [6.45, 7) is 3.91. The molecule has 0 spiro atoms. The molecule has 0 radical (unpaired) electrons. The average Bonchev–Trinajstić information content (AvgIpc) is 3.01. The maximum atomic E-state index is 13.1. The molecule has 0 saturated heterocycles. The zero-order chi connectivity index (χ0) is 21.0. The molecule has 2 aliphatic carbocycles. The number of rotatable bonds is 3. The molecule has 0 bridgehead atoms. The fraction of sp³-hybridized carbons (Fsp3) is 0.455. The highest BCUT2D eigenvalue weighted by molar-refractivity contribution is 7.92. The molecule has 5 nitrogen and oxygen atoms in total. The number of fused-ring (bicyclic) bond motifs is 2. The third-order valence-corrected chi connectivity index (χ3v) is 8.68. The van der Waals surface area contributed by atoms with Gasteiger partial charge in [-0.2, -0.15) is 0 Å². The molecule has 1 aromatic carbocycles. The number of thiophene rings is 1. The highest BCUT2D eigenvalue weighted by atomic mass is 32.2. The number of hydrogen-bond donors (Lipinski definition) is 0. The first-order valence-electron chi connectivity index (χ1n) is 9.74. The SMILES string of the molecule is CC1(C)CC(=O)c2c(S(C)(=O)=O)sc(C(=O)OC3CCCc4ccccc43)c2C1. The molecule has 29 heavy (non-hydrogen) atoms. The summed E-state index contributed by atoms with van der Waals surface area (Å²) in [5, 5.41) is 0. The summed E-state index contributed by atoms with van der Waals surface area (Å²) < 4.78 is 30.5. The van der Waals surface area contributed by atoms with Crippen LogP contribution in [0, 0.1) is 5.41 Å². The smallest absolute Gasteiger partial charge is 0.349 e. The second-order valence-electron chi connectivity index (χ2n) is 8.77. The van der Waals surface area contributed by atoms with Crippen molar-refractivity contribution in [1.29, 1.82) is 0 Å². The number of benzene rings is 1. The highest BCUT2D eigenvalue weighted by Gasteiger charge is 2.40. The molecule has 1 heterocycles. The van der Waals surface area contributed by atoms with Crippen molar-refractivity contribution >= 4 is 32.9 Å². The van der Waals surface area contributed by atoms with Crippen LogP contribution >= 0.6 is 11.3 Å². The number of hydrogen-bond acceptors (Lipinski definition) is 6. The Hall–Kier alpha value is -1.99. The zero-order valence-corrected chi connectivity index (χ0v) is 18.4. The number of carbonyl (C=O) groups is 2. The number of ketones is 1. The van der Waals surface area contributed by atoms with Crippen molar-refractivity contribution in [1.82, 2.24) is 0 Å². The molecule has 154 valence electrons. The van der Waals surface area contributed by atoms with Crippen LogP contribution in [0.1, 0.15) is 75.9 Å². The molecule has 2 aromatic rings. The Labute approximate surface area is 175 Å². The van der Waals surface area contributed by atoms with Gasteiger partial charge in [-0.1, -0.05) is 38.1 Å². The van der Waals surface area contributed by atoms with Gasteiger partial charge in [0.15, 0.2) is 15.6 Å². The molecular weight excluding hydrogens is 408 g/mol. The molecule has 2 aliphatic rings. The minimum Gasteiger partial charge on any atom is -0.453 e. The van der Waals surface area contributed by atoms with Crippen LogP contribution in [0.2, 0.25) is 0 Å². The van der Waals surface area contributed by atoms with E-state index in [9.17, 15) is 18.0 Å². The van der Waals surface area contributed by atoms with Gasteiger partial charge in [0.25, 0.3) is 0 Å². The Bertz CT molecular complexity index is 1110. The van der Waals surface area contributed by atoms with Crippen LogP contribution < -0.4 is 0 Å². The van der Waals surface area contributed by atoms with Crippen LogP contribution in [0.5, 0.6) is 0 Å². The fourth-order valence-electron chi connectivity index (χ4n) is 4.40. The van der Waals surface area contributed by atoms with E-state index in [0.717, 1.165) is 42.4 Å². The second kappa shape index (κ2) is 7.06. The first kappa shape index (κ1) is 20.3. The number of Topliss-reactive ketones (excluding diaryl/α,β-unsaturated/α-hetero) is 1. The van der Waals surface area contributed by atoms with E-state index in [1.807, 2.05) is 38.1 Å². The third kappa shape index (κ3) is 3.78. The Balaban J connectivity index is 1.74. The predicted octanol–water partition coefficient (Wildman–Crippen LogP) is 4.54. The largest absolute Gasteiger partial charge is 0.453 e. The van der Waals surface area contributed by atoms with Gasteiger partial charge < -0.3 is 4.74 Å². The topological polar surface area (TPSA) is 77.5 Å². The van der Waals surface area contributed by atoms with Gasteiger partial charge in [-0.3, -0.25) is 4.79 Å². The van der Waals surface area contributed by atoms with E-state index in [4.69, 9.17) is 4.74 Å². The normalized spacial score (nSPS) is 20.7. The number of sulfone groups is 1. The summed E-state index contributed by atoms with van der Waals surface area (Å²) in [6, 6.07) is 7.93. The van der Waals surface area contributed by atoms with Crippen molar-refractivity contribution in [3.63, 3.8) is 0 Å². The van der Waals surface area contributed by atoms with E-state index >= 15 is 0 Å². The van der Waals surface area contributed by atoms with Gasteiger partial charge in [0.05, 0.1) is 5.56 Å². The fourth-order valence-corrected chi connectivity index (χ4v) is 6.81. The number of carbonyl (C=O) groups excluding carboxylic acids is 2. The summed E-state index contributed by atoms with van der Waals surface area (Å²) in [6.07, 6.45) is 4.10. The Morgan fingerprint density at radius 3 is 2.66 bits per heavy atom. The molecule has 1 unspecified atom stereocenters. The molecule has 0 fully saturated rings. The molecule has 4 rings (SSSR count). The van der Waals surface area contributed by atoms with Crippen LogP contribution in [-0.4, -0.2) is 26.4 Å². The van der Waals surface area contributed by atoms with Gasteiger partial charge in [-0.15, -0.1) is 11.3 Å². The highest BCUT2D eigenvalue weighted by Crippen LogP contribution is 2.44. The van der Waals surface area contributed by atoms with Crippen molar-refractivity contribution in [3.8, 4) is 0 Å². The van der Waals surface area contributed by atoms with Gasteiger partial charge in [0, 0.05) is 12.7 Å². The van der Waals surface area contributed by atoms with E-state index in [2.05, 4.69) is 0 Å². The second-order valence-corrected chi connectivity index (χ2v) is 12.0. The summed E-state index contributed by atoms with van der Waals surface area (Å²) in [4.78, 5) is 26.1. The van der Waals surface area contributed by atoms with Gasteiger partial charge in [0.1, 0.15) is 15.2 Å². The van der Waals surface area contributed by atoms with Gasteiger partial charge >= 0.3 is 5.97 Å². The summed E-state index contributed by atoms with van der Waals surface area (Å²) in [7, 11) is -3.62. The number of aryl methyl sites for hydroxylation is 1. The summed E-state index contributed by atoms with van der Waals surface area (Å²) in [5.74, 6) is -0.747. The van der Waals surface area contributed by atoms with Crippen molar-refractivity contribution in [2.75, 3.05) is 6.26 Å². The summed E-state index contributed by atoms with van der Waals surface area (Å²) in [5.41, 5.74) is 2.60. The van der Waals surface area contributed by atoms with Crippen LogP contribution in [0.3, 0.4) is 0 Å². The van der Waals surface area contributed by atoms with Crippen molar-refractivity contribution in [3.05, 3.63) is 51.4 Å². The standard InChI is InChI=1S/C22H24O5S2/c1-22(2)11-15-18(16(23)12-22)21(29(3,25)26)28-19(15)20(24)27-17-10-6-8-13-7-4-5-9-14(13)17/h4-5,7,9,17H,6,8,10-12H2,1-3H3. The first-order valence-corrected chi connectivity index (χ1v) is 12.5. The Kier molecular flexibility index (Phi) is 4.94. The molecular formula is C22H24O5S2. The monoisotopic (exact) mass is 432 g/mol. The van der Waals surface area contributed by atoms with Crippen molar-refractivity contribution in [2.24, 2.45) is 5.41 Å². The predicted molar refractivity (Wildman–Crippen MR) is 111 cm³/mol. The Morgan fingerprint density at radius 2 is 1.93 bits per heavy atom. The molecule has 7 heteroatoms. The number of ether oxygens (including phenoxy) is 1. The first-order chi connectivity index (χ1) is 13.6. The minimum atomic E-state index is -3.62. The van der Waals surface area contributed by atoms with E-state index in [1.54, 1.807) is 0 Å². The van der Waals surface area contributed by atoms with E-state index in [-0.39, 0.29) is 38.4 Å². The lowest BCUT2D eigenvalue weighted by Crippen LogP contribution is -2.28. The van der Waals surface area contributed by atoms with E-state index < -0.39 is 15.8 Å². The zero-order valence-electron chi connectivity index (χ0n) is 16.8. The van der Waals surface area contributed by atoms with Crippen LogP contribution in [0.4, 0.5) is 0 Å². The maximum Gasteiger partial charge on any atom is 0.349 e. The third-order valence-electron chi connectivity index (χ3n) is 5.63. The van der Waals surface area contributed by atoms with E-state index in [1.165, 1.54) is 5.56 Å². The number of esters is 1. The quantitative estimate of drug-likeness (QED) is 0.666. The van der Waals surface area contributed by atoms with Gasteiger partial charge in [0.2, 0.25) is 0 Å². The van der Waals surface area contributed by atoms with Gasteiger partial charge in [-0.25, -0.2) is 13.2 Å². The van der Waals surface area contributed by atoms with Crippen LogP contribution in [0.15, 0.2) is 28.5 Å². The van der Waals surface area contributed by atoms with Crippen molar-refractivity contribution in [2.45, 2.75) is 56.3 Å². The minimum absolute atomic E-state index is 0.0102. The molecule has 0 amide bonds. The molecule has 0 N–H and O–H groups in total. The Morgan fingerprint density at radius 1 is 1.21 bits per heavy atom. The van der Waals surface area contributed by atoms with E-state index in [0.29, 0.717) is 12.0 Å². The lowest BCUT2D eigenvalue weighted by Gasteiger charge is -2.29. The lowest BCUT2D eigenvalue weighted by atomic mass is 9.74. The maximum absolute atomic E-state index is 13.1. The summed E-state index contributed by atoms with van der Waals surface area (Å²) >= 11 is 0.881. The van der Waals surface area contributed by atoms with Crippen LogP contribution in [0.25, 0.3) is 0 Å². The van der Waals surface area contributed by atoms with Gasteiger partial charge in [-0.05, 0) is 47.8 Å².